The maximum absolute atomic E-state index is 8.35. The number of hydrogen-bond acceptors (Lipinski definition) is 6. The first-order valence-electron chi connectivity index (χ1n) is 8.13. The van der Waals surface area contributed by atoms with E-state index < -0.39 is 0 Å². The van der Waals surface area contributed by atoms with Crippen molar-refractivity contribution >= 4 is 63.7 Å². The highest BCUT2D eigenvalue weighted by atomic mass is 16.1. The number of benzene rings is 4. The minimum atomic E-state index is 0.750. The summed E-state index contributed by atoms with van der Waals surface area (Å²) in [5.74, 6) is 0. The molecule has 0 amide bonds. The van der Waals surface area contributed by atoms with E-state index in [9.17, 15) is 0 Å². The lowest BCUT2D eigenvalue weighted by atomic mass is 9.93. The fourth-order valence-corrected chi connectivity index (χ4v) is 3.11. The standard InChI is InChI=1S/C20H14.3CHNO/c1-13-11-12-19-17-9-4-3-7-15(17)16-8-5-6-10-18(16)20(19)14(13)2;3*2-1-3/h3-12H,1-2H2;3*2H. The van der Waals surface area contributed by atoms with Gasteiger partial charge in [-0.15, -0.1) is 0 Å². The Morgan fingerprint density at radius 2 is 0.862 bits per heavy atom. The Hall–Kier alpha value is -4.46. The Morgan fingerprint density at radius 1 is 0.552 bits per heavy atom. The van der Waals surface area contributed by atoms with Crippen LogP contribution in [0.15, 0.2) is 60.7 Å². The average Bonchev–Trinajstić information content (AvgIpc) is 2.72. The second kappa shape index (κ2) is 11.3. The molecule has 0 aliphatic heterocycles. The smallest absolute Gasteiger partial charge is 0.222 e. The van der Waals surface area contributed by atoms with Crippen molar-refractivity contribution in [2.45, 2.75) is 0 Å². The van der Waals surface area contributed by atoms with Crippen LogP contribution in [0.2, 0.25) is 0 Å². The molecule has 0 atom stereocenters. The van der Waals surface area contributed by atoms with Gasteiger partial charge in [0, 0.05) is 0 Å². The lowest BCUT2D eigenvalue weighted by Crippen LogP contribution is -2.21. The topological polar surface area (TPSA) is 123 Å². The highest BCUT2D eigenvalue weighted by molar-refractivity contribution is 6.25. The third-order valence-corrected chi connectivity index (χ3v) is 4.11. The largest absolute Gasteiger partial charge is 0.231 e. The minimum absolute atomic E-state index is 0.750. The first-order chi connectivity index (χ1) is 14.0. The summed E-state index contributed by atoms with van der Waals surface area (Å²) in [7, 11) is 0. The van der Waals surface area contributed by atoms with Gasteiger partial charge in [-0.3, -0.25) is 0 Å². The van der Waals surface area contributed by atoms with E-state index in [0.29, 0.717) is 0 Å². The molecule has 0 saturated carbocycles. The van der Waals surface area contributed by atoms with Crippen molar-refractivity contribution in [2.75, 3.05) is 0 Å². The number of rotatable bonds is 0. The zero-order chi connectivity index (χ0) is 21.8. The van der Waals surface area contributed by atoms with Crippen molar-refractivity contribution in [1.82, 2.24) is 0 Å². The molecule has 0 unspecified atom stereocenters. The molecule has 4 aromatic rings. The van der Waals surface area contributed by atoms with Crippen LogP contribution in [-0.2, 0) is 14.4 Å². The van der Waals surface area contributed by atoms with Crippen LogP contribution in [0.5, 0.6) is 0 Å². The summed E-state index contributed by atoms with van der Waals surface area (Å²) in [4.78, 5) is 25.0. The van der Waals surface area contributed by atoms with Crippen molar-refractivity contribution < 1.29 is 14.4 Å². The molecule has 3 N–H and O–H groups in total. The molecular weight excluding hydrogens is 366 g/mol. The molecule has 0 aliphatic rings. The summed E-state index contributed by atoms with van der Waals surface area (Å²) in [6.07, 6.45) is 2.25. The Bertz CT molecular complexity index is 1300. The predicted octanol–water partition coefficient (Wildman–Crippen LogP) is 3.67. The molecule has 0 aromatic heterocycles. The van der Waals surface area contributed by atoms with Gasteiger partial charge in [-0.2, -0.15) is 0 Å². The summed E-state index contributed by atoms with van der Waals surface area (Å²) < 4.78 is 0. The zero-order valence-corrected chi connectivity index (χ0v) is 15.4. The van der Waals surface area contributed by atoms with Crippen LogP contribution < -0.4 is 10.4 Å². The summed E-state index contributed by atoms with van der Waals surface area (Å²) in [5.41, 5.74) is 0. The van der Waals surface area contributed by atoms with E-state index in [0.717, 1.165) is 28.7 Å². The van der Waals surface area contributed by atoms with Crippen molar-refractivity contribution in [3.8, 4) is 0 Å². The second-order valence-corrected chi connectivity index (χ2v) is 5.52. The molecule has 0 saturated heterocycles. The fraction of sp³-hybridized carbons (Fsp3) is 0. The lowest BCUT2D eigenvalue weighted by molar-refractivity contribution is 0.562. The summed E-state index contributed by atoms with van der Waals surface area (Å²) in [6, 6.07) is 21.4. The summed E-state index contributed by atoms with van der Waals surface area (Å²) in [5, 5.41) is 25.9. The first-order valence-corrected chi connectivity index (χ1v) is 8.13. The predicted molar refractivity (Wildman–Crippen MR) is 114 cm³/mol. The zero-order valence-electron chi connectivity index (χ0n) is 15.4. The Balaban J connectivity index is 0.000000404. The average molecular weight is 383 g/mol. The van der Waals surface area contributed by atoms with E-state index in [1.165, 1.54) is 32.3 Å². The van der Waals surface area contributed by atoms with Crippen LogP contribution >= 0.6 is 0 Å². The molecule has 6 nitrogen and oxygen atoms in total. The van der Waals surface area contributed by atoms with Gasteiger partial charge in [0.25, 0.3) is 0 Å². The molecule has 0 spiro atoms. The SMILES string of the molecule is C=c1ccc2c3ccccc3c3ccccc3c2c1=C.N=C=O.N=C=O.N=C=O. The summed E-state index contributed by atoms with van der Waals surface area (Å²) >= 11 is 0. The van der Waals surface area contributed by atoms with Gasteiger partial charge in [0.05, 0.1) is 0 Å². The maximum Gasteiger partial charge on any atom is 0.231 e. The van der Waals surface area contributed by atoms with Crippen LogP contribution in [0.4, 0.5) is 0 Å². The molecule has 29 heavy (non-hydrogen) atoms. The van der Waals surface area contributed by atoms with Crippen molar-refractivity contribution in [3.63, 3.8) is 0 Å². The molecule has 0 aliphatic carbocycles. The van der Waals surface area contributed by atoms with Gasteiger partial charge in [0.15, 0.2) is 0 Å². The van der Waals surface area contributed by atoms with Gasteiger partial charge in [0.1, 0.15) is 0 Å². The van der Waals surface area contributed by atoms with Gasteiger partial charge in [-0.1, -0.05) is 73.8 Å². The highest BCUT2D eigenvalue weighted by Gasteiger charge is 2.07. The van der Waals surface area contributed by atoms with Crippen molar-refractivity contribution in [1.29, 1.82) is 16.2 Å². The molecule has 0 fully saturated rings. The van der Waals surface area contributed by atoms with Gasteiger partial charge in [-0.25, -0.2) is 30.6 Å². The molecule has 0 radical (unpaired) electrons. The second-order valence-electron chi connectivity index (χ2n) is 5.52. The molecule has 0 heterocycles. The summed E-state index contributed by atoms with van der Waals surface area (Å²) in [6.45, 7) is 8.34. The normalized spacial score (nSPS) is 8.69. The highest BCUT2D eigenvalue weighted by Crippen LogP contribution is 2.32. The maximum atomic E-state index is 8.35. The van der Waals surface area contributed by atoms with Crippen molar-refractivity contribution in [2.24, 2.45) is 0 Å². The number of nitrogens with one attached hydrogen (secondary N) is 3. The monoisotopic (exact) mass is 383 g/mol. The molecule has 6 heteroatoms. The van der Waals surface area contributed by atoms with Gasteiger partial charge < -0.3 is 0 Å². The first kappa shape index (κ1) is 22.6. The Labute approximate surface area is 165 Å². The van der Waals surface area contributed by atoms with E-state index in [-0.39, 0.29) is 0 Å². The van der Waals surface area contributed by atoms with E-state index in [2.05, 4.69) is 73.8 Å². The lowest BCUT2D eigenvalue weighted by Gasteiger charge is -2.10. The third kappa shape index (κ3) is 5.04. The van der Waals surface area contributed by atoms with Gasteiger partial charge in [-0.05, 0) is 42.8 Å². The molecular formula is C23H17N3O3. The van der Waals surface area contributed by atoms with Crippen LogP contribution in [0, 0.1) is 16.2 Å². The molecule has 4 rings (SSSR count). The quantitative estimate of drug-likeness (QED) is 0.244. The van der Waals surface area contributed by atoms with E-state index in [4.69, 9.17) is 30.6 Å². The van der Waals surface area contributed by atoms with Crippen LogP contribution in [0.1, 0.15) is 0 Å². The molecule has 4 aromatic carbocycles. The number of carbonyl (C=O) groups excluding carboxylic acids is 3. The van der Waals surface area contributed by atoms with Crippen LogP contribution in [0.25, 0.3) is 45.5 Å². The third-order valence-electron chi connectivity index (χ3n) is 4.11. The number of isocyanates is 3. The van der Waals surface area contributed by atoms with E-state index >= 15 is 0 Å². The number of fused-ring (bicyclic) bond motifs is 6. The fourth-order valence-electron chi connectivity index (χ4n) is 3.11. The minimum Gasteiger partial charge on any atom is -0.222 e. The molecule has 142 valence electrons. The number of hydrogen-bond donors (Lipinski definition) is 3. The van der Waals surface area contributed by atoms with Gasteiger partial charge >= 0.3 is 0 Å². The van der Waals surface area contributed by atoms with E-state index in [1.807, 2.05) is 0 Å². The van der Waals surface area contributed by atoms with Crippen LogP contribution in [0.3, 0.4) is 0 Å². The Morgan fingerprint density at radius 3 is 1.28 bits per heavy atom. The van der Waals surface area contributed by atoms with Crippen molar-refractivity contribution in [3.05, 3.63) is 71.1 Å². The molecule has 0 bridgehead atoms. The van der Waals surface area contributed by atoms with Crippen LogP contribution in [-0.4, -0.2) is 18.2 Å². The van der Waals surface area contributed by atoms with Gasteiger partial charge in [0.2, 0.25) is 18.2 Å². The van der Waals surface area contributed by atoms with E-state index in [1.54, 1.807) is 0 Å². The Kier molecular flexibility index (Phi) is 8.79.